The molecule has 1 amide bonds. The number of ether oxygens (including phenoxy) is 2. The number of hydrogen-bond donors (Lipinski definition) is 3. The Morgan fingerprint density at radius 3 is 2.58 bits per heavy atom. The van der Waals surface area contributed by atoms with E-state index in [0.717, 1.165) is 17.3 Å². The summed E-state index contributed by atoms with van der Waals surface area (Å²) in [6, 6.07) is 10.6. The van der Waals surface area contributed by atoms with Gasteiger partial charge in [0.15, 0.2) is 5.12 Å². The number of amides is 1. The lowest BCUT2D eigenvalue weighted by Gasteiger charge is -2.24. The number of benzene rings is 1. The van der Waals surface area contributed by atoms with Gasteiger partial charge < -0.3 is 14.8 Å². The number of carbonyl (C=O) groups is 2. The molecule has 1 fully saturated rings. The number of hydrogen-bond acceptors (Lipinski definition) is 10. The van der Waals surface area contributed by atoms with Crippen LogP contribution in [0.3, 0.4) is 0 Å². The van der Waals surface area contributed by atoms with Crippen LogP contribution in [0.2, 0.25) is 0 Å². The maximum absolute atomic E-state index is 13.7. The van der Waals surface area contributed by atoms with Crippen LogP contribution in [0.4, 0.5) is 4.79 Å². The van der Waals surface area contributed by atoms with Gasteiger partial charge >= 0.3 is 19.5 Å². The monoisotopic (exact) mass is 640 g/mol. The molecule has 0 aliphatic carbocycles. The summed E-state index contributed by atoms with van der Waals surface area (Å²) < 4.78 is 37.6. The van der Waals surface area contributed by atoms with E-state index >= 15 is 0 Å². The van der Waals surface area contributed by atoms with Crippen molar-refractivity contribution in [3.8, 4) is 0 Å². The number of thioether (sulfide) groups is 1. The number of aromatic nitrogens is 2. The average Bonchev–Trinajstić information content (AvgIpc) is 3.32. The van der Waals surface area contributed by atoms with Gasteiger partial charge in [0.25, 0.3) is 5.56 Å². The summed E-state index contributed by atoms with van der Waals surface area (Å²) in [6.45, 7) is 8.99. The van der Waals surface area contributed by atoms with E-state index in [1.807, 2.05) is 37.3 Å². The zero-order chi connectivity index (χ0) is 31.6. The van der Waals surface area contributed by atoms with E-state index in [4.69, 9.17) is 18.5 Å². The number of alkyl carbamates (subject to hydrolysis) is 1. The highest BCUT2D eigenvalue weighted by atomic mass is 32.2. The van der Waals surface area contributed by atoms with Crippen LogP contribution < -0.4 is 21.7 Å². The second-order valence-corrected chi connectivity index (χ2v) is 14.0. The minimum Gasteiger partial charge on any atom is -0.447 e. The molecule has 1 aliphatic rings. The fourth-order valence-electron chi connectivity index (χ4n) is 4.19. The van der Waals surface area contributed by atoms with E-state index < -0.39 is 42.8 Å². The summed E-state index contributed by atoms with van der Waals surface area (Å²) >= 11 is 1.01. The fraction of sp³-hybridized carbons (Fsp3) is 0.571. The molecule has 0 spiro atoms. The highest BCUT2D eigenvalue weighted by Gasteiger charge is 2.36. The lowest BCUT2D eigenvalue weighted by atomic mass is 9.96. The van der Waals surface area contributed by atoms with Crippen LogP contribution in [0.15, 0.2) is 52.2 Å². The van der Waals surface area contributed by atoms with Crippen LogP contribution in [0, 0.1) is 11.3 Å². The maximum atomic E-state index is 13.7. The second-order valence-electron chi connectivity index (χ2n) is 11.2. The van der Waals surface area contributed by atoms with Crippen LogP contribution in [0.1, 0.15) is 52.8 Å². The van der Waals surface area contributed by atoms with Crippen molar-refractivity contribution < 1.29 is 32.7 Å². The molecule has 1 aromatic carbocycles. The Morgan fingerprint density at radius 1 is 1.19 bits per heavy atom. The zero-order valence-corrected chi connectivity index (χ0v) is 26.8. The van der Waals surface area contributed by atoms with E-state index in [-0.39, 0.29) is 49.2 Å². The Morgan fingerprint density at radius 2 is 1.91 bits per heavy atom. The van der Waals surface area contributed by atoms with E-state index in [0.29, 0.717) is 6.42 Å². The highest BCUT2D eigenvalue weighted by molar-refractivity contribution is 8.13. The molecule has 4 atom stereocenters. The summed E-state index contributed by atoms with van der Waals surface area (Å²) in [7, 11) is -3.85. The number of nitrogens with zero attached hydrogens (tertiary/aromatic N) is 1. The quantitative estimate of drug-likeness (QED) is 0.191. The summed E-state index contributed by atoms with van der Waals surface area (Å²) in [5.41, 5.74) is -1.08. The lowest BCUT2D eigenvalue weighted by Crippen LogP contribution is -2.39. The van der Waals surface area contributed by atoms with E-state index in [1.54, 1.807) is 27.7 Å². The van der Waals surface area contributed by atoms with Crippen molar-refractivity contribution in [2.75, 3.05) is 25.5 Å². The molecular formula is C28H41N4O9PS. The topological polar surface area (TPSA) is 167 Å². The second kappa shape index (κ2) is 15.8. The first-order valence-electron chi connectivity index (χ1n) is 14.0. The standard InChI is InChI=1S/C28H41N4O9PS/c1-19(2)40-27(36)29-18-28(4,5)25(34)43-14-13-38-42(37,30-16-21-9-7-6-8-10-21)39-17-22-15-20(3)24(41-22)32-12-11-23(33)31-26(32)35/h6-12,19-20,22,24H,13-18H2,1-5H3,(H,29,36)(H,30,37)(H,31,33,35). The summed E-state index contributed by atoms with van der Waals surface area (Å²) in [6.07, 6.45) is -0.0700. The molecule has 1 aromatic heterocycles. The number of carbonyl (C=O) groups excluding carboxylic acids is 2. The molecule has 3 N–H and O–H groups in total. The van der Waals surface area contributed by atoms with E-state index in [2.05, 4.69) is 15.4 Å². The number of H-pyrrole nitrogens is 1. The molecule has 4 unspecified atom stereocenters. The van der Waals surface area contributed by atoms with Crippen LogP contribution in [0.25, 0.3) is 0 Å². The molecule has 0 bridgehead atoms. The molecule has 15 heteroatoms. The molecule has 43 heavy (non-hydrogen) atoms. The fourth-order valence-corrected chi connectivity index (χ4v) is 6.46. The molecule has 2 heterocycles. The summed E-state index contributed by atoms with van der Waals surface area (Å²) in [5.74, 6) is 0.120. The number of aromatic amines is 1. The van der Waals surface area contributed by atoms with Crippen molar-refractivity contribution >= 4 is 30.7 Å². The molecule has 1 saturated heterocycles. The largest absolute Gasteiger partial charge is 0.447 e. The Bertz CT molecular complexity index is 1380. The van der Waals surface area contributed by atoms with Crippen LogP contribution in [-0.2, 0) is 34.4 Å². The Labute approximate surface area is 255 Å². The van der Waals surface area contributed by atoms with Gasteiger partial charge in [0.1, 0.15) is 6.23 Å². The van der Waals surface area contributed by atoms with Gasteiger partial charge in [-0.15, -0.1) is 0 Å². The van der Waals surface area contributed by atoms with Gasteiger partial charge in [-0.3, -0.25) is 28.2 Å². The molecule has 2 aromatic rings. The van der Waals surface area contributed by atoms with Gasteiger partial charge in [0, 0.05) is 37.0 Å². The smallest absolute Gasteiger partial charge is 0.407 e. The third-order valence-corrected chi connectivity index (χ3v) is 9.22. The summed E-state index contributed by atoms with van der Waals surface area (Å²) in [4.78, 5) is 50.5. The Kier molecular flexibility index (Phi) is 12.8. The van der Waals surface area contributed by atoms with Gasteiger partial charge in [0.05, 0.1) is 30.8 Å². The number of nitrogens with one attached hydrogen (secondary N) is 3. The molecule has 0 radical (unpaired) electrons. The van der Waals surface area contributed by atoms with Gasteiger partial charge in [-0.1, -0.05) is 62.9 Å². The van der Waals surface area contributed by atoms with Crippen LogP contribution in [-0.4, -0.2) is 58.5 Å². The van der Waals surface area contributed by atoms with Crippen molar-refractivity contribution in [1.29, 1.82) is 0 Å². The normalized spacial score (nSPS) is 20.1. The highest BCUT2D eigenvalue weighted by Crippen LogP contribution is 2.45. The van der Waals surface area contributed by atoms with E-state index in [9.17, 15) is 23.7 Å². The van der Waals surface area contributed by atoms with Crippen molar-refractivity contribution in [2.45, 2.75) is 66.0 Å². The predicted octanol–water partition coefficient (Wildman–Crippen LogP) is 3.81. The van der Waals surface area contributed by atoms with Crippen molar-refractivity contribution in [3.05, 3.63) is 69.0 Å². The first-order valence-corrected chi connectivity index (χ1v) is 16.6. The first-order chi connectivity index (χ1) is 20.3. The molecule has 13 nitrogen and oxygen atoms in total. The van der Waals surface area contributed by atoms with Gasteiger partial charge in [-0.2, -0.15) is 0 Å². The minimum atomic E-state index is -3.85. The third kappa shape index (κ3) is 11.0. The molecular weight excluding hydrogens is 599 g/mol. The first kappa shape index (κ1) is 34.7. The van der Waals surface area contributed by atoms with Gasteiger partial charge in [-0.05, 0) is 25.8 Å². The van der Waals surface area contributed by atoms with Crippen LogP contribution >= 0.6 is 19.5 Å². The van der Waals surface area contributed by atoms with Crippen molar-refractivity contribution in [2.24, 2.45) is 11.3 Å². The van der Waals surface area contributed by atoms with E-state index in [1.165, 1.54) is 16.8 Å². The maximum Gasteiger partial charge on any atom is 0.407 e. The van der Waals surface area contributed by atoms with Crippen LogP contribution in [0.5, 0.6) is 0 Å². The van der Waals surface area contributed by atoms with Crippen molar-refractivity contribution in [1.82, 2.24) is 20.0 Å². The predicted molar refractivity (Wildman–Crippen MR) is 163 cm³/mol. The van der Waals surface area contributed by atoms with Gasteiger partial charge in [-0.25, -0.2) is 19.2 Å². The zero-order valence-electron chi connectivity index (χ0n) is 25.1. The SMILES string of the molecule is CC(C)OC(=O)NCC(C)(C)C(=O)SCCOP(=O)(NCc1ccccc1)OCC1CC(C)C(n2ccc(=O)[nH]c2=O)O1. The van der Waals surface area contributed by atoms with Crippen molar-refractivity contribution in [3.63, 3.8) is 0 Å². The van der Waals surface area contributed by atoms with Gasteiger partial charge in [0.2, 0.25) is 0 Å². The molecule has 238 valence electrons. The Balaban J connectivity index is 1.56. The molecule has 3 rings (SSSR count). The lowest BCUT2D eigenvalue weighted by molar-refractivity contribution is -0.117. The average molecular weight is 641 g/mol. The molecule has 1 aliphatic heterocycles. The number of rotatable bonds is 15. The minimum absolute atomic E-state index is 0.0499. The summed E-state index contributed by atoms with van der Waals surface area (Å²) in [5, 5.41) is 5.30. The third-order valence-electron chi connectivity index (χ3n) is 6.48. The Hall–Kier alpha value is -2.74. The molecule has 0 saturated carbocycles.